The molecule has 170 valence electrons. The van der Waals surface area contributed by atoms with Gasteiger partial charge < -0.3 is 20.2 Å². The number of halogens is 1. The van der Waals surface area contributed by atoms with E-state index in [4.69, 9.17) is 11.6 Å². The Kier molecular flexibility index (Phi) is 6.69. The first-order valence-corrected chi connectivity index (χ1v) is 10.9. The molecule has 1 saturated heterocycles. The summed E-state index contributed by atoms with van der Waals surface area (Å²) in [5.74, 6) is -0.328. The first-order chi connectivity index (χ1) is 15.9. The third-order valence-electron chi connectivity index (χ3n) is 5.41. The zero-order valence-electron chi connectivity index (χ0n) is 18.0. The van der Waals surface area contributed by atoms with Crippen LogP contribution in [0.1, 0.15) is 32.7 Å². The molecule has 1 aliphatic rings. The first-order valence-electron chi connectivity index (χ1n) is 10.5. The molecule has 33 heavy (non-hydrogen) atoms. The Labute approximate surface area is 196 Å². The van der Waals surface area contributed by atoms with Crippen molar-refractivity contribution in [2.45, 2.75) is 13.3 Å². The molecule has 3 heterocycles. The van der Waals surface area contributed by atoms with E-state index < -0.39 is 5.97 Å². The molecule has 0 unspecified atom stereocenters. The van der Waals surface area contributed by atoms with Gasteiger partial charge in [0, 0.05) is 31.7 Å². The second kappa shape index (κ2) is 9.83. The van der Waals surface area contributed by atoms with Crippen LogP contribution in [0.3, 0.4) is 0 Å². The van der Waals surface area contributed by atoms with Crippen LogP contribution in [-0.4, -0.2) is 58.3 Å². The molecule has 2 aromatic heterocycles. The Morgan fingerprint density at radius 2 is 1.73 bits per heavy atom. The van der Waals surface area contributed by atoms with Crippen molar-refractivity contribution in [3.63, 3.8) is 0 Å². The minimum absolute atomic E-state index is 0.0384. The summed E-state index contributed by atoms with van der Waals surface area (Å²) in [6.07, 6.45) is 2.28. The number of hydrogen-bond acceptors (Lipinski definition) is 7. The molecule has 0 aliphatic carbocycles. The number of rotatable bonds is 5. The third kappa shape index (κ3) is 5.38. The lowest BCUT2D eigenvalue weighted by Gasteiger charge is -2.24. The normalized spacial score (nSPS) is 14.0. The predicted molar refractivity (Wildman–Crippen MR) is 126 cm³/mol. The van der Waals surface area contributed by atoms with Crippen LogP contribution >= 0.6 is 11.6 Å². The van der Waals surface area contributed by atoms with Gasteiger partial charge in [-0.3, -0.25) is 4.79 Å². The van der Waals surface area contributed by atoms with Gasteiger partial charge in [0.2, 0.25) is 0 Å². The number of carbonyl (C=O) groups excluding carboxylic acids is 1. The van der Waals surface area contributed by atoms with Crippen molar-refractivity contribution >= 4 is 40.8 Å². The van der Waals surface area contributed by atoms with Gasteiger partial charge in [0.05, 0.1) is 11.9 Å². The molecular formula is C23H23ClN6O3. The summed E-state index contributed by atoms with van der Waals surface area (Å²) < 4.78 is 0. The lowest BCUT2D eigenvalue weighted by atomic mass is 10.1. The number of anilines is 3. The summed E-state index contributed by atoms with van der Waals surface area (Å²) in [7, 11) is 0. The maximum absolute atomic E-state index is 12.5. The molecule has 3 aromatic rings. The number of aromatic carboxylic acids is 1. The average Bonchev–Trinajstić information content (AvgIpc) is 3.06. The highest BCUT2D eigenvalue weighted by Crippen LogP contribution is 2.24. The van der Waals surface area contributed by atoms with Gasteiger partial charge in [-0.2, -0.15) is 0 Å². The Bertz CT molecular complexity index is 1150. The van der Waals surface area contributed by atoms with E-state index in [-0.39, 0.29) is 11.5 Å². The summed E-state index contributed by atoms with van der Waals surface area (Å²) in [5.41, 5.74) is 1.90. The molecule has 4 rings (SSSR count). The SMILES string of the molecule is Cc1ccc(C(=O)Nc2cnc(N3CCCN(c4ccc(Cl)nn4)CC3)c(C(=O)O)c2)cc1. The number of carbonyl (C=O) groups is 2. The number of pyridine rings is 1. The van der Waals surface area contributed by atoms with Gasteiger partial charge in [-0.15, -0.1) is 10.2 Å². The zero-order chi connectivity index (χ0) is 23.4. The van der Waals surface area contributed by atoms with Crippen LogP contribution in [0.4, 0.5) is 17.3 Å². The molecule has 0 bridgehead atoms. The Morgan fingerprint density at radius 1 is 1.00 bits per heavy atom. The van der Waals surface area contributed by atoms with Crippen molar-refractivity contribution in [2.75, 3.05) is 41.3 Å². The summed E-state index contributed by atoms with van der Waals surface area (Å²) in [6, 6.07) is 12.1. The van der Waals surface area contributed by atoms with Gasteiger partial charge in [0.1, 0.15) is 11.4 Å². The van der Waals surface area contributed by atoms with E-state index in [1.807, 2.05) is 30.0 Å². The summed E-state index contributed by atoms with van der Waals surface area (Å²) >= 11 is 5.83. The van der Waals surface area contributed by atoms with Crippen molar-refractivity contribution in [1.29, 1.82) is 0 Å². The van der Waals surface area contributed by atoms with Crippen LogP contribution in [0.15, 0.2) is 48.7 Å². The van der Waals surface area contributed by atoms with Crippen LogP contribution in [-0.2, 0) is 0 Å². The number of amides is 1. The number of nitrogens with one attached hydrogen (secondary N) is 1. The number of aryl methyl sites for hydroxylation is 1. The smallest absolute Gasteiger partial charge is 0.339 e. The van der Waals surface area contributed by atoms with E-state index in [0.717, 1.165) is 24.3 Å². The highest BCUT2D eigenvalue weighted by Gasteiger charge is 2.23. The standard InChI is InChI=1S/C23H23ClN6O3/c1-15-3-5-16(6-4-15)22(31)26-17-13-18(23(32)33)21(25-14-17)30-10-2-9-29(11-12-30)20-8-7-19(24)27-28-20/h3-8,13-14H,2,9-12H2,1H3,(H,26,31)(H,32,33). The van der Waals surface area contributed by atoms with Gasteiger partial charge in [-0.25, -0.2) is 9.78 Å². The van der Waals surface area contributed by atoms with Gasteiger partial charge in [0.15, 0.2) is 11.0 Å². The molecule has 9 nitrogen and oxygen atoms in total. The number of benzene rings is 1. The van der Waals surface area contributed by atoms with Crippen LogP contribution in [0.2, 0.25) is 5.15 Å². The van der Waals surface area contributed by atoms with E-state index in [1.165, 1.54) is 12.3 Å². The maximum atomic E-state index is 12.5. The fourth-order valence-electron chi connectivity index (χ4n) is 3.68. The Balaban J connectivity index is 1.50. The zero-order valence-corrected chi connectivity index (χ0v) is 18.8. The van der Waals surface area contributed by atoms with E-state index in [9.17, 15) is 14.7 Å². The highest BCUT2D eigenvalue weighted by molar-refractivity contribution is 6.29. The van der Waals surface area contributed by atoms with Crippen molar-refractivity contribution in [3.05, 3.63) is 70.5 Å². The van der Waals surface area contributed by atoms with E-state index in [0.29, 0.717) is 41.9 Å². The van der Waals surface area contributed by atoms with Crippen molar-refractivity contribution < 1.29 is 14.7 Å². The molecule has 1 aromatic carbocycles. The molecule has 1 amide bonds. The van der Waals surface area contributed by atoms with E-state index in [2.05, 4.69) is 25.4 Å². The monoisotopic (exact) mass is 466 g/mol. The molecule has 0 radical (unpaired) electrons. The second-order valence-electron chi connectivity index (χ2n) is 7.76. The fraction of sp³-hybridized carbons (Fsp3) is 0.261. The van der Waals surface area contributed by atoms with E-state index in [1.54, 1.807) is 18.2 Å². The minimum atomic E-state index is -1.10. The van der Waals surface area contributed by atoms with Gasteiger partial charge in [-0.1, -0.05) is 29.3 Å². The first kappa shape index (κ1) is 22.5. The number of aromatic nitrogens is 3. The molecule has 0 saturated carbocycles. The van der Waals surface area contributed by atoms with Crippen molar-refractivity contribution in [1.82, 2.24) is 15.2 Å². The summed E-state index contributed by atoms with van der Waals surface area (Å²) in [6.45, 7) is 4.52. The molecule has 1 fully saturated rings. The summed E-state index contributed by atoms with van der Waals surface area (Å²) in [5, 5.41) is 20.9. The van der Waals surface area contributed by atoms with Crippen LogP contribution in [0.25, 0.3) is 0 Å². The molecular weight excluding hydrogens is 444 g/mol. The Morgan fingerprint density at radius 3 is 2.42 bits per heavy atom. The van der Waals surface area contributed by atoms with Crippen LogP contribution in [0.5, 0.6) is 0 Å². The Hall–Kier alpha value is -3.72. The van der Waals surface area contributed by atoms with Crippen LogP contribution < -0.4 is 15.1 Å². The topological polar surface area (TPSA) is 112 Å². The van der Waals surface area contributed by atoms with Gasteiger partial charge in [0.25, 0.3) is 5.91 Å². The summed E-state index contributed by atoms with van der Waals surface area (Å²) in [4.78, 5) is 32.9. The average molecular weight is 467 g/mol. The number of carboxylic acids is 1. The molecule has 0 spiro atoms. The third-order valence-corrected chi connectivity index (χ3v) is 5.61. The second-order valence-corrected chi connectivity index (χ2v) is 8.15. The molecule has 0 atom stereocenters. The largest absolute Gasteiger partial charge is 0.478 e. The van der Waals surface area contributed by atoms with Crippen molar-refractivity contribution in [2.24, 2.45) is 0 Å². The number of hydrogen-bond donors (Lipinski definition) is 2. The number of carboxylic acid groups (broad SMARTS) is 1. The predicted octanol–water partition coefficient (Wildman–Crippen LogP) is 3.50. The molecule has 10 heteroatoms. The van der Waals surface area contributed by atoms with E-state index >= 15 is 0 Å². The highest BCUT2D eigenvalue weighted by atomic mass is 35.5. The number of nitrogens with zero attached hydrogens (tertiary/aromatic N) is 5. The quantitative estimate of drug-likeness (QED) is 0.587. The minimum Gasteiger partial charge on any atom is -0.478 e. The fourth-order valence-corrected chi connectivity index (χ4v) is 3.78. The maximum Gasteiger partial charge on any atom is 0.339 e. The lowest BCUT2D eigenvalue weighted by molar-refractivity contribution is 0.0696. The van der Waals surface area contributed by atoms with Gasteiger partial charge in [-0.05, 0) is 43.7 Å². The lowest BCUT2D eigenvalue weighted by Crippen LogP contribution is -2.32. The van der Waals surface area contributed by atoms with Gasteiger partial charge >= 0.3 is 5.97 Å². The molecule has 2 N–H and O–H groups in total. The van der Waals surface area contributed by atoms with Crippen molar-refractivity contribution in [3.8, 4) is 0 Å². The van der Waals surface area contributed by atoms with Crippen LogP contribution in [0, 0.1) is 6.92 Å². The molecule has 1 aliphatic heterocycles.